The highest BCUT2D eigenvalue weighted by Crippen LogP contribution is 2.09. The fourth-order valence-electron chi connectivity index (χ4n) is 1.26. The molecule has 0 fully saturated rings. The van der Waals surface area contributed by atoms with Gasteiger partial charge in [0.15, 0.2) is 0 Å². The Kier molecular flexibility index (Phi) is 5.08. The van der Waals surface area contributed by atoms with Crippen LogP contribution in [0.25, 0.3) is 0 Å². The Labute approximate surface area is 86.5 Å². The van der Waals surface area contributed by atoms with Crippen LogP contribution in [0.15, 0.2) is 30.3 Å². The summed E-state index contributed by atoms with van der Waals surface area (Å²) in [6.07, 6.45) is 1.09. The molecule has 78 valence electrons. The van der Waals surface area contributed by atoms with Crippen LogP contribution in [0.2, 0.25) is 0 Å². The van der Waals surface area contributed by atoms with E-state index in [2.05, 4.69) is 43.1 Å². The van der Waals surface area contributed by atoms with Crippen molar-refractivity contribution in [3.8, 4) is 0 Å². The number of benzene rings is 1. The molecule has 1 rings (SSSR count). The molecule has 0 amide bonds. The van der Waals surface area contributed by atoms with E-state index >= 15 is 0 Å². The number of likely N-dealkylation sites (N-methyl/N-ethyl adjacent to an activating group) is 1. The Morgan fingerprint density at radius 2 is 1.86 bits per heavy atom. The molecule has 0 atom stereocenters. The van der Waals surface area contributed by atoms with Gasteiger partial charge in [-0.1, -0.05) is 25.1 Å². The first kappa shape index (κ1) is 11.1. The van der Waals surface area contributed by atoms with Crippen LogP contribution in [0, 0.1) is 0 Å². The lowest BCUT2D eigenvalue weighted by molar-refractivity contribution is 0.141. The lowest BCUT2D eigenvalue weighted by atomic mass is 10.3. The average Bonchev–Trinajstić information content (AvgIpc) is 2.25. The molecule has 2 nitrogen and oxygen atoms in total. The first-order chi connectivity index (χ1) is 6.84. The number of hydrogen-bond acceptors (Lipinski definition) is 2. The van der Waals surface area contributed by atoms with Crippen LogP contribution in [-0.4, -0.2) is 26.8 Å². The maximum absolute atomic E-state index is 5.43. The Morgan fingerprint density at radius 3 is 2.50 bits per heavy atom. The van der Waals surface area contributed by atoms with Crippen LogP contribution >= 0.6 is 0 Å². The summed E-state index contributed by atoms with van der Waals surface area (Å²) in [7, 11) is 2.09. The number of para-hydroxylation sites is 1. The molecule has 0 radical (unpaired) electrons. The predicted molar refractivity (Wildman–Crippen MR) is 60.8 cm³/mol. The number of anilines is 1. The Hall–Kier alpha value is -1.02. The fourth-order valence-corrected chi connectivity index (χ4v) is 1.26. The van der Waals surface area contributed by atoms with Gasteiger partial charge in [0.2, 0.25) is 0 Å². The third-order valence-corrected chi connectivity index (χ3v) is 2.12. The summed E-state index contributed by atoms with van der Waals surface area (Å²) in [6.45, 7) is 4.74. The molecule has 1 aromatic carbocycles. The van der Waals surface area contributed by atoms with Crippen molar-refractivity contribution in [3.05, 3.63) is 30.3 Å². The van der Waals surface area contributed by atoms with E-state index in [1.54, 1.807) is 0 Å². The molecule has 0 saturated carbocycles. The van der Waals surface area contributed by atoms with Crippen LogP contribution in [0.1, 0.15) is 13.3 Å². The summed E-state index contributed by atoms with van der Waals surface area (Å²) >= 11 is 0. The summed E-state index contributed by atoms with van der Waals surface area (Å²) in [5.41, 5.74) is 1.24. The van der Waals surface area contributed by atoms with Gasteiger partial charge >= 0.3 is 0 Å². The minimum atomic E-state index is 0.805. The third kappa shape index (κ3) is 3.79. The molecule has 2 heteroatoms. The van der Waals surface area contributed by atoms with Gasteiger partial charge in [-0.15, -0.1) is 0 Å². The topological polar surface area (TPSA) is 12.5 Å². The van der Waals surface area contributed by atoms with E-state index in [0.717, 1.165) is 26.2 Å². The normalized spacial score (nSPS) is 10.1. The first-order valence-electron chi connectivity index (χ1n) is 5.18. The van der Waals surface area contributed by atoms with Gasteiger partial charge in [0, 0.05) is 25.9 Å². The second-order valence-corrected chi connectivity index (χ2v) is 3.37. The fraction of sp³-hybridized carbons (Fsp3) is 0.500. The molecule has 0 unspecified atom stereocenters. The van der Waals surface area contributed by atoms with E-state index in [1.165, 1.54) is 5.69 Å². The lowest BCUT2D eigenvalue weighted by Gasteiger charge is -2.18. The molecule has 0 aliphatic rings. The lowest BCUT2D eigenvalue weighted by Crippen LogP contribution is -2.22. The second-order valence-electron chi connectivity index (χ2n) is 3.37. The maximum atomic E-state index is 5.43. The quantitative estimate of drug-likeness (QED) is 0.644. The van der Waals surface area contributed by atoms with Gasteiger partial charge < -0.3 is 9.64 Å². The molecule has 0 aliphatic carbocycles. The zero-order chi connectivity index (χ0) is 10.2. The molecule has 0 N–H and O–H groups in total. The summed E-state index contributed by atoms with van der Waals surface area (Å²) in [5.74, 6) is 0. The number of nitrogens with zero attached hydrogens (tertiary/aromatic N) is 1. The van der Waals surface area contributed by atoms with Crippen molar-refractivity contribution in [2.24, 2.45) is 0 Å². The van der Waals surface area contributed by atoms with Crippen LogP contribution in [0.3, 0.4) is 0 Å². The Balaban J connectivity index is 2.25. The molecule has 14 heavy (non-hydrogen) atoms. The molecule has 0 spiro atoms. The minimum absolute atomic E-state index is 0.805. The molecule has 0 aromatic heterocycles. The Morgan fingerprint density at radius 1 is 1.14 bits per heavy atom. The second kappa shape index (κ2) is 6.44. The standard InChI is InChI=1S/C12H19NO/c1-3-10-14-11-9-13(2)12-7-5-4-6-8-12/h4-8H,3,9-11H2,1-2H3. The van der Waals surface area contributed by atoms with Crippen LogP contribution in [-0.2, 0) is 4.74 Å². The van der Waals surface area contributed by atoms with Crippen molar-refractivity contribution in [1.82, 2.24) is 0 Å². The molecule has 0 saturated heterocycles. The minimum Gasteiger partial charge on any atom is -0.380 e. The van der Waals surface area contributed by atoms with Crippen molar-refractivity contribution in [1.29, 1.82) is 0 Å². The summed E-state index contributed by atoms with van der Waals surface area (Å²) in [5, 5.41) is 0. The van der Waals surface area contributed by atoms with E-state index in [4.69, 9.17) is 4.74 Å². The highest BCUT2D eigenvalue weighted by Gasteiger charge is 1.98. The molecule has 1 aromatic rings. The van der Waals surface area contributed by atoms with Crippen molar-refractivity contribution in [3.63, 3.8) is 0 Å². The van der Waals surface area contributed by atoms with E-state index in [1.807, 2.05) is 6.07 Å². The van der Waals surface area contributed by atoms with Crippen LogP contribution in [0.4, 0.5) is 5.69 Å². The molecule has 0 aliphatic heterocycles. The van der Waals surface area contributed by atoms with Crippen molar-refractivity contribution >= 4 is 5.69 Å². The predicted octanol–water partition coefficient (Wildman–Crippen LogP) is 2.55. The third-order valence-electron chi connectivity index (χ3n) is 2.12. The largest absolute Gasteiger partial charge is 0.380 e. The van der Waals surface area contributed by atoms with Gasteiger partial charge in [0.05, 0.1) is 6.61 Å². The van der Waals surface area contributed by atoms with E-state index < -0.39 is 0 Å². The Bertz CT molecular complexity index is 235. The van der Waals surface area contributed by atoms with Gasteiger partial charge in [0.1, 0.15) is 0 Å². The van der Waals surface area contributed by atoms with Crippen molar-refractivity contribution in [2.75, 3.05) is 31.7 Å². The number of hydrogen-bond donors (Lipinski definition) is 0. The zero-order valence-electron chi connectivity index (χ0n) is 9.07. The van der Waals surface area contributed by atoms with Gasteiger partial charge in [-0.3, -0.25) is 0 Å². The van der Waals surface area contributed by atoms with Gasteiger partial charge in [-0.25, -0.2) is 0 Å². The van der Waals surface area contributed by atoms with Crippen molar-refractivity contribution < 1.29 is 4.74 Å². The molecular formula is C12H19NO. The number of ether oxygens (including phenoxy) is 1. The van der Waals surface area contributed by atoms with Crippen molar-refractivity contribution in [2.45, 2.75) is 13.3 Å². The highest BCUT2D eigenvalue weighted by molar-refractivity contribution is 5.44. The summed E-state index contributed by atoms with van der Waals surface area (Å²) < 4.78 is 5.43. The van der Waals surface area contributed by atoms with Crippen LogP contribution in [0.5, 0.6) is 0 Å². The smallest absolute Gasteiger partial charge is 0.0641 e. The molecule has 0 bridgehead atoms. The maximum Gasteiger partial charge on any atom is 0.0641 e. The van der Waals surface area contributed by atoms with Gasteiger partial charge in [-0.2, -0.15) is 0 Å². The van der Waals surface area contributed by atoms with Crippen LogP contribution < -0.4 is 4.90 Å². The SMILES string of the molecule is CCCOCCN(C)c1ccccc1. The average molecular weight is 193 g/mol. The first-order valence-corrected chi connectivity index (χ1v) is 5.18. The highest BCUT2D eigenvalue weighted by atomic mass is 16.5. The van der Waals surface area contributed by atoms with E-state index in [-0.39, 0.29) is 0 Å². The van der Waals surface area contributed by atoms with Gasteiger partial charge in [-0.05, 0) is 18.6 Å². The number of rotatable bonds is 6. The summed E-state index contributed by atoms with van der Waals surface area (Å²) in [6, 6.07) is 10.4. The zero-order valence-corrected chi connectivity index (χ0v) is 9.07. The van der Waals surface area contributed by atoms with Gasteiger partial charge in [0.25, 0.3) is 0 Å². The molecule has 0 heterocycles. The van der Waals surface area contributed by atoms with E-state index in [9.17, 15) is 0 Å². The monoisotopic (exact) mass is 193 g/mol. The summed E-state index contributed by atoms with van der Waals surface area (Å²) in [4.78, 5) is 2.20. The van der Waals surface area contributed by atoms with E-state index in [0.29, 0.717) is 0 Å². The molecular weight excluding hydrogens is 174 g/mol.